The van der Waals surface area contributed by atoms with Crippen LogP contribution >= 0.6 is 0 Å². The Hall–Kier alpha value is -2.34. The zero-order valence-electron chi connectivity index (χ0n) is 16.2. The van der Waals surface area contributed by atoms with Crippen molar-refractivity contribution in [2.24, 2.45) is 0 Å². The van der Waals surface area contributed by atoms with E-state index in [0.29, 0.717) is 4.31 Å². The van der Waals surface area contributed by atoms with E-state index < -0.39 is 44.3 Å². The van der Waals surface area contributed by atoms with Gasteiger partial charge in [-0.2, -0.15) is 0 Å². The summed E-state index contributed by atoms with van der Waals surface area (Å²) in [4.78, 5) is 26.6. The number of fused-ring (bicyclic) bond motifs is 1. The number of carbonyl (C=O) groups is 2. The van der Waals surface area contributed by atoms with Gasteiger partial charge in [0.2, 0.25) is 5.91 Å². The molecule has 10 nitrogen and oxygen atoms in total. The molecule has 0 spiro atoms. The Morgan fingerprint density at radius 1 is 1.17 bits per heavy atom. The smallest absolute Gasteiger partial charge is 0.269 e. The van der Waals surface area contributed by atoms with Crippen LogP contribution in [0.5, 0.6) is 11.5 Å². The van der Waals surface area contributed by atoms with Crippen molar-refractivity contribution in [1.82, 2.24) is 9.21 Å². The summed E-state index contributed by atoms with van der Waals surface area (Å²) in [5.74, 6) is -1.32. The molecule has 0 aliphatic carbocycles. The van der Waals surface area contributed by atoms with E-state index in [-0.39, 0.29) is 46.4 Å². The van der Waals surface area contributed by atoms with E-state index in [0.717, 1.165) is 0 Å². The minimum Gasteiger partial charge on any atom is -0.493 e. The Balaban J connectivity index is 1.89. The summed E-state index contributed by atoms with van der Waals surface area (Å²) in [6.07, 6.45) is 0.289. The number of nitrogens with zero attached hydrogens (tertiary/aromatic N) is 2. The topological polar surface area (TPSA) is 127 Å². The molecule has 2 aliphatic heterocycles. The Bertz CT molecular complexity index is 1070. The maximum atomic E-state index is 12.9. The zero-order chi connectivity index (χ0) is 21.6. The second-order valence-electron chi connectivity index (χ2n) is 6.76. The highest BCUT2D eigenvalue weighted by Gasteiger charge is 2.44. The largest absolute Gasteiger partial charge is 0.493 e. The monoisotopic (exact) mass is 446 g/mol. The van der Waals surface area contributed by atoms with Crippen LogP contribution in [0.15, 0.2) is 17.0 Å². The highest BCUT2D eigenvalue weighted by Crippen LogP contribution is 2.38. The molecule has 2 amide bonds. The molecule has 1 aromatic rings. The number of sulfonamides is 1. The number of hydrogen-bond donors (Lipinski definition) is 0. The maximum absolute atomic E-state index is 12.9. The lowest BCUT2D eigenvalue weighted by atomic mass is 10.2. The van der Waals surface area contributed by atoms with Crippen LogP contribution in [0.1, 0.15) is 23.7 Å². The Labute approximate surface area is 169 Å². The standard InChI is InChI=1S/C17H22N2O8S2/c1-4-18(11-5-6-28(22,23)10-11)16(20)9-19-17(21)12-7-13(26-2)14(27-3)8-15(12)29(19,24)25/h7-8,11H,4-6,9-10H2,1-3H3. The quantitative estimate of drug-likeness (QED) is 0.592. The second kappa shape index (κ2) is 7.48. The van der Waals surface area contributed by atoms with Gasteiger partial charge in [-0.15, -0.1) is 0 Å². The number of benzene rings is 1. The number of ether oxygens (including phenoxy) is 2. The molecule has 1 fully saturated rings. The van der Waals surface area contributed by atoms with Crippen LogP contribution in [0.3, 0.4) is 0 Å². The van der Waals surface area contributed by atoms with Gasteiger partial charge in [-0.1, -0.05) is 0 Å². The van der Waals surface area contributed by atoms with Crippen molar-refractivity contribution in [2.75, 3.05) is 38.8 Å². The van der Waals surface area contributed by atoms with Gasteiger partial charge in [-0.25, -0.2) is 21.1 Å². The molecule has 12 heteroatoms. The molecular formula is C17H22N2O8S2. The first-order valence-corrected chi connectivity index (χ1v) is 12.1. The predicted molar refractivity (Wildman–Crippen MR) is 102 cm³/mol. The molecule has 0 saturated carbocycles. The van der Waals surface area contributed by atoms with Crippen molar-refractivity contribution in [2.45, 2.75) is 24.3 Å². The molecule has 1 unspecified atom stereocenters. The third-order valence-corrected chi connectivity index (χ3v) is 8.62. The number of likely N-dealkylation sites (N-methyl/N-ethyl adjacent to an activating group) is 1. The minimum atomic E-state index is -4.25. The summed E-state index contributed by atoms with van der Waals surface area (Å²) in [5, 5.41) is 0. The van der Waals surface area contributed by atoms with E-state index in [4.69, 9.17) is 9.47 Å². The molecule has 2 aliphatic rings. The molecular weight excluding hydrogens is 424 g/mol. The van der Waals surface area contributed by atoms with Crippen molar-refractivity contribution in [3.63, 3.8) is 0 Å². The highest BCUT2D eigenvalue weighted by atomic mass is 32.2. The lowest BCUT2D eigenvalue weighted by molar-refractivity contribution is -0.132. The number of carbonyl (C=O) groups excluding carboxylic acids is 2. The third-order valence-electron chi connectivity index (χ3n) is 5.10. The van der Waals surface area contributed by atoms with E-state index in [1.807, 2.05) is 0 Å². The molecule has 1 atom stereocenters. The van der Waals surface area contributed by atoms with E-state index in [1.54, 1.807) is 6.92 Å². The highest BCUT2D eigenvalue weighted by molar-refractivity contribution is 7.91. The average Bonchev–Trinajstić information content (AvgIpc) is 3.11. The van der Waals surface area contributed by atoms with E-state index >= 15 is 0 Å². The first kappa shape index (κ1) is 21.4. The number of methoxy groups -OCH3 is 2. The van der Waals surface area contributed by atoms with Crippen molar-refractivity contribution in [3.8, 4) is 11.5 Å². The average molecular weight is 447 g/mol. The van der Waals surface area contributed by atoms with Crippen LogP contribution in [0, 0.1) is 0 Å². The molecule has 1 saturated heterocycles. The normalized spacial score (nSPS) is 21.7. The fourth-order valence-electron chi connectivity index (χ4n) is 3.63. The molecule has 0 aromatic heterocycles. The number of amides is 2. The molecule has 0 radical (unpaired) electrons. The summed E-state index contributed by atoms with van der Waals surface area (Å²) < 4.78 is 59.9. The number of rotatable bonds is 6. The van der Waals surface area contributed by atoms with Gasteiger partial charge >= 0.3 is 0 Å². The van der Waals surface area contributed by atoms with Gasteiger partial charge in [0.15, 0.2) is 21.3 Å². The van der Waals surface area contributed by atoms with Gasteiger partial charge in [0, 0.05) is 18.7 Å². The SMILES string of the molecule is CCN(C(=O)CN1C(=O)c2cc(OC)c(OC)cc2S1(=O)=O)C1CCS(=O)(=O)C1. The van der Waals surface area contributed by atoms with Crippen LogP contribution in [0.4, 0.5) is 0 Å². The van der Waals surface area contributed by atoms with Crippen LogP contribution in [-0.4, -0.2) is 82.7 Å². The number of hydrogen-bond acceptors (Lipinski definition) is 8. The summed E-state index contributed by atoms with van der Waals surface area (Å²) in [5.41, 5.74) is -0.109. The third kappa shape index (κ3) is 3.66. The zero-order valence-corrected chi connectivity index (χ0v) is 17.9. The van der Waals surface area contributed by atoms with Crippen molar-refractivity contribution in [3.05, 3.63) is 17.7 Å². The lowest BCUT2D eigenvalue weighted by Gasteiger charge is -2.28. The van der Waals surface area contributed by atoms with Crippen molar-refractivity contribution >= 4 is 31.7 Å². The van der Waals surface area contributed by atoms with Gasteiger partial charge < -0.3 is 14.4 Å². The van der Waals surface area contributed by atoms with Crippen LogP contribution < -0.4 is 9.47 Å². The molecule has 2 heterocycles. The Morgan fingerprint density at radius 2 is 1.79 bits per heavy atom. The predicted octanol–water partition coefficient (Wildman–Crippen LogP) is -0.116. The molecule has 0 bridgehead atoms. The Kier molecular flexibility index (Phi) is 5.52. The maximum Gasteiger partial charge on any atom is 0.269 e. The van der Waals surface area contributed by atoms with Gasteiger partial charge in [0.1, 0.15) is 11.4 Å². The van der Waals surface area contributed by atoms with Crippen LogP contribution in [0.2, 0.25) is 0 Å². The van der Waals surface area contributed by atoms with Gasteiger partial charge in [0.05, 0.1) is 31.3 Å². The summed E-state index contributed by atoms with van der Waals surface area (Å²) in [6, 6.07) is 1.92. The second-order valence-corrected chi connectivity index (χ2v) is 10.8. The lowest BCUT2D eigenvalue weighted by Crippen LogP contribution is -2.47. The summed E-state index contributed by atoms with van der Waals surface area (Å²) in [7, 11) is -4.79. The molecule has 0 N–H and O–H groups in total. The fourth-order valence-corrected chi connectivity index (χ4v) is 6.88. The van der Waals surface area contributed by atoms with Crippen molar-refractivity contribution in [1.29, 1.82) is 0 Å². The van der Waals surface area contributed by atoms with Gasteiger partial charge in [-0.05, 0) is 19.4 Å². The molecule has 29 heavy (non-hydrogen) atoms. The number of sulfone groups is 1. The van der Waals surface area contributed by atoms with Gasteiger partial charge in [0.25, 0.3) is 15.9 Å². The van der Waals surface area contributed by atoms with E-state index in [1.165, 1.54) is 31.3 Å². The van der Waals surface area contributed by atoms with E-state index in [9.17, 15) is 26.4 Å². The van der Waals surface area contributed by atoms with Gasteiger partial charge in [-0.3, -0.25) is 9.59 Å². The summed E-state index contributed by atoms with van der Waals surface area (Å²) >= 11 is 0. The molecule has 3 rings (SSSR count). The summed E-state index contributed by atoms with van der Waals surface area (Å²) in [6.45, 7) is 1.17. The fraction of sp³-hybridized carbons (Fsp3) is 0.529. The van der Waals surface area contributed by atoms with Crippen LogP contribution in [0.25, 0.3) is 0 Å². The van der Waals surface area contributed by atoms with Crippen LogP contribution in [-0.2, 0) is 24.7 Å². The van der Waals surface area contributed by atoms with E-state index in [2.05, 4.69) is 0 Å². The first-order chi connectivity index (χ1) is 13.6. The van der Waals surface area contributed by atoms with Crippen molar-refractivity contribution < 1.29 is 35.9 Å². The minimum absolute atomic E-state index is 0.0204. The molecule has 160 valence electrons. The first-order valence-electron chi connectivity index (χ1n) is 8.88. The molecule has 1 aromatic carbocycles. The Morgan fingerprint density at radius 3 is 2.31 bits per heavy atom.